The van der Waals surface area contributed by atoms with Crippen LogP contribution < -0.4 is 14.4 Å². The van der Waals surface area contributed by atoms with Gasteiger partial charge in [-0.05, 0) is 88.6 Å². The first kappa shape index (κ1) is 31.7. The number of amides is 2. The van der Waals surface area contributed by atoms with Gasteiger partial charge in [-0.1, -0.05) is 48.9 Å². The van der Waals surface area contributed by atoms with Gasteiger partial charge < -0.3 is 15.0 Å². The fourth-order valence-electron chi connectivity index (χ4n) is 4.26. The number of anilines is 1. The first-order valence-corrected chi connectivity index (χ1v) is 15.4. The minimum absolute atomic E-state index is 0.0299. The second-order valence-corrected chi connectivity index (χ2v) is 12.1. The minimum atomic E-state index is -4.15. The van der Waals surface area contributed by atoms with Crippen LogP contribution in [0, 0.1) is 13.8 Å². The molecule has 220 valence electrons. The van der Waals surface area contributed by atoms with E-state index in [9.17, 15) is 18.0 Å². The normalized spacial score (nSPS) is 12.7. The van der Waals surface area contributed by atoms with Crippen molar-refractivity contribution in [2.45, 2.75) is 71.5 Å². The Balaban J connectivity index is 2.02. The molecule has 8 nitrogen and oxygen atoms in total. The molecule has 0 aliphatic heterocycles. The van der Waals surface area contributed by atoms with Gasteiger partial charge in [0.05, 0.1) is 17.2 Å². The molecule has 0 bridgehead atoms. The Hall–Kier alpha value is -3.85. The van der Waals surface area contributed by atoms with Gasteiger partial charge in [0.15, 0.2) is 0 Å². The maximum Gasteiger partial charge on any atom is 0.264 e. The third-order valence-electron chi connectivity index (χ3n) is 7.09. The van der Waals surface area contributed by atoms with Crippen molar-refractivity contribution in [3.8, 4) is 5.75 Å². The molecule has 0 aliphatic rings. The number of hydrogen-bond acceptors (Lipinski definition) is 5. The van der Waals surface area contributed by atoms with Gasteiger partial charge >= 0.3 is 0 Å². The van der Waals surface area contributed by atoms with Crippen LogP contribution in [0.2, 0.25) is 0 Å². The summed E-state index contributed by atoms with van der Waals surface area (Å²) >= 11 is 0. The van der Waals surface area contributed by atoms with Crippen LogP contribution in [-0.4, -0.2) is 50.4 Å². The maximum absolute atomic E-state index is 14.0. The summed E-state index contributed by atoms with van der Waals surface area (Å²) in [6.45, 7) is 11.4. The number of ether oxygens (including phenoxy) is 1. The predicted molar refractivity (Wildman–Crippen MR) is 162 cm³/mol. The molecule has 9 heteroatoms. The number of rotatable bonds is 13. The van der Waals surface area contributed by atoms with Gasteiger partial charge in [0.2, 0.25) is 11.8 Å². The molecule has 0 radical (unpaired) electrons. The Morgan fingerprint density at radius 1 is 0.902 bits per heavy atom. The fourth-order valence-corrected chi connectivity index (χ4v) is 5.67. The number of nitrogens with one attached hydrogen (secondary N) is 1. The van der Waals surface area contributed by atoms with Gasteiger partial charge in [0.25, 0.3) is 10.0 Å². The first-order valence-electron chi connectivity index (χ1n) is 13.9. The summed E-state index contributed by atoms with van der Waals surface area (Å²) in [6.07, 6.45) is 0.742. The Morgan fingerprint density at radius 3 is 2.12 bits per heavy atom. The highest BCUT2D eigenvalue weighted by molar-refractivity contribution is 7.92. The van der Waals surface area contributed by atoms with Crippen LogP contribution in [0.5, 0.6) is 5.75 Å². The van der Waals surface area contributed by atoms with Crippen molar-refractivity contribution in [3.63, 3.8) is 0 Å². The van der Waals surface area contributed by atoms with Crippen LogP contribution in [0.1, 0.15) is 50.8 Å². The summed E-state index contributed by atoms with van der Waals surface area (Å²) in [6, 6.07) is 19.8. The van der Waals surface area contributed by atoms with E-state index >= 15 is 0 Å². The number of benzene rings is 3. The average Bonchev–Trinajstić information content (AvgIpc) is 2.96. The average molecular weight is 580 g/mol. The molecule has 0 heterocycles. The highest BCUT2D eigenvalue weighted by Crippen LogP contribution is 2.26. The van der Waals surface area contributed by atoms with E-state index in [2.05, 4.69) is 5.32 Å². The summed E-state index contributed by atoms with van der Waals surface area (Å²) in [5.41, 5.74) is 3.15. The molecular weight excluding hydrogens is 538 g/mol. The Kier molecular flexibility index (Phi) is 10.9. The summed E-state index contributed by atoms with van der Waals surface area (Å²) in [5.74, 6) is -0.234. The lowest BCUT2D eigenvalue weighted by Gasteiger charge is -2.32. The fraction of sp³-hybridized carbons (Fsp3) is 0.375. The van der Waals surface area contributed by atoms with E-state index in [4.69, 9.17) is 4.74 Å². The van der Waals surface area contributed by atoms with E-state index in [0.717, 1.165) is 27.4 Å². The van der Waals surface area contributed by atoms with Crippen molar-refractivity contribution in [1.82, 2.24) is 10.2 Å². The molecule has 2 amide bonds. The van der Waals surface area contributed by atoms with Crippen molar-refractivity contribution in [3.05, 3.63) is 89.5 Å². The van der Waals surface area contributed by atoms with E-state index in [1.54, 1.807) is 43.3 Å². The zero-order chi connectivity index (χ0) is 30.2. The molecular formula is C32H41N3O5S. The lowest BCUT2D eigenvalue weighted by molar-refractivity contribution is -0.139. The lowest BCUT2D eigenvalue weighted by atomic mass is 10.1. The van der Waals surface area contributed by atoms with Crippen LogP contribution in [0.3, 0.4) is 0 Å². The summed E-state index contributed by atoms with van der Waals surface area (Å²) in [7, 11) is -4.15. The number of carbonyl (C=O) groups is 2. The summed E-state index contributed by atoms with van der Waals surface area (Å²) in [5, 5.41) is 2.95. The standard InChI is InChI=1S/C32H41N3O5S/c1-7-25(5)33-32(37)26(6)34(21-27-12-10-9-11-24(27)4)31(36)22-35(28-15-13-23(3)14-16-28)41(38,39)30-19-17-29(18-20-30)40-8-2/h9-20,25-26H,7-8,21-22H2,1-6H3,(H,33,37)/t25-,26+/m1/s1. The van der Waals surface area contributed by atoms with Crippen LogP contribution in [0.15, 0.2) is 77.7 Å². The molecule has 0 saturated carbocycles. The Labute approximate surface area is 244 Å². The van der Waals surface area contributed by atoms with Gasteiger partial charge in [0.1, 0.15) is 18.3 Å². The van der Waals surface area contributed by atoms with Crippen molar-refractivity contribution in [2.75, 3.05) is 17.5 Å². The molecule has 3 aromatic carbocycles. The van der Waals surface area contributed by atoms with Gasteiger partial charge in [-0.25, -0.2) is 8.42 Å². The van der Waals surface area contributed by atoms with Gasteiger partial charge in [-0.3, -0.25) is 13.9 Å². The van der Waals surface area contributed by atoms with Crippen molar-refractivity contribution in [2.24, 2.45) is 0 Å². The molecule has 0 fully saturated rings. The van der Waals surface area contributed by atoms with E-state index in [0.29, 0.717) is 18.0 Å². The summed E-state index contributed by atoms with van der Waals surface area (Å²) in [4.78, 5) is 28.7. The van der Waals surface area contributed by atoms with Crippen molar-refractivity contribution >= 4 is 27.5 Å². The van der Waals surface area contributed by atoms with Crippen LogP contribution in [0.4, 0.5) is 5.69 Å². The van der Waals surface area contributed by atoms with Gasteiger partial charge in [-0.2, -0.15) is 0 Å². The molecule has 2 atom stereocenters. The first-order chi connectivity index (χ1) is 19.5. The van der Waals surface area contributed by atoms with Crippen LogP contribution >= 0.6 is 0 Å². The molecule has 3 rings (SSSR count). The van der Waals surface area contributed by atoms with E-state index < -0.39 is 28.5 Å². The number of aryl methyl sites for hydroxylation is 2. The van der Waals surface area contributed by atoms with E-state index in [1.807, 2.05) is 58.9 Å². The lowest BCUT2D eigenvalue weighted by Crippen LogP contribution is -2.52. The molecule has 0 aromatic heterocycles. The topological polar surface area (TPSA) is 96.0 Å². The SMILES string of the molecule is CCOc1ccc(S(=O)(=O)N(CC(=O)N(Cc2ccccc2C)[C@@H](C)C(=O)N[C@H](C)CC)c2ccc(C)cc2)cc1. The van der Waals surface area contributed by atoms with Crippen LogP contribution in [-0.2, 0) is 26.2 Å². The van der Waals surface area contributed by atoms with Crippen LogP contribution in [0.25, 0.3) is 0 Å². The third-order valence-corrected chi connectivity index (χ3v) is 8.88. The van der Waals surface area contributed by atoms with Crippen molar-refractivity contribution < 1.29 is 22.7 Å². The monoisotopic (exact) mass is 579 g/mol. The highest BCUT2D eigenvalue weighted by atomic mass is 32.2. The molecule has 0 saturated heterocycles. The highest BCUT2D eigenvalue weighted by Gasteiger charge is 2.33. The van der Waals surface area contributed by atoms with Crippen molar-refractivity contribution in [1.29, 1.82) is 0 Å². The quantitative estimate of drug-likeness (QED) is 0.299. The Morgan fingerprint density at radius 2 is 1.54 bits per heavy atom. The van der Waals surface area contributed by atoms with Gasteiger partial charge in [-0.15, -0.1) is 0 Å². The zero-order valence-corrected chi connectivity index (χ0v) is 25.6. The molecule has 0 aliphatic carbocycles. The second-order valence-electron chi connectivity index (χ2n) is 10.2. The predicted octanol–water partition coefficient (Wildman–Crippen LogP) is 5.23. The largest absolute Gasteiger partial charge is 0.494 e. The molecule has 3 aromatic rings. The zero-order valence-electron chi connectivity index (χ0n) is 24.8. The second kappa shape index (κ2) is 14.2. The van der Waals surface area contributed by atoms with E-state index in [-0.39, 0.29) is 23.4 Å². The smallest absolute Gasteiger partial charge is 0.264 e. The molecule has 0 spiro atoms. The summed E-state index contributed by atoms with van der Waals surface area (Å²) < 4.78 is 34.5. The van der Waals surface area contributed by atoms with E-state index in [1.165, 1.54) is 17.0 Å². The molecule has 0 unspecified atom stereocenters. The maximum atomic E-state index is 14.0. The number of hydrogen-bond donors (Lipinski definition) is 1. The third kappa shape index (κ3) is 8.10. The Bertz CT molecular complexity index is 1420. The minimum Gasteiger partial charge on any atom is -0.494 e. The number of sulfonamides is 1. The number of carbonyl (C=O) groups excluding carboxylic acids is 2. The molecule has 1 N–H and O–H groups in total. The van der Waals surface area contributed by atoms with Gasteiger partial charge in [0, 0.05) is 12.6 Å². The molecule has 41 heavy (non-hydrogen) atoms. The number of nitrogens with zero attached hydrogens (tertiary/aromatic N) is 2.